The van der Waals surface area contributed by atoms with Crippen molar-refractivity contribution in [2.24, 2.45) is 0 Å². The number of aromatic nitrogens is 2. The summed E-state index contributed by atoms with van der Waals surface area (Å²) in [4.78, 5) is 40.2. The molecule has 13 heteroatoms. The number of carbonyl (C=O) groups is 2. The Morgan fingerprint density at radius 2 is 1.25 bits per heavy atom. The number of aryl methyl sites for hydroxylation is 2. The Kier molecular flexibility index (Phi) is 15.6. The van der Waals surface area contributed by atoms with Gasteiger partial charge in [0.25, 0.3) is 0 Å². The van der Waals surface area contributed by atoms with E-state index in [9.17, 15) is 18.0 Å². The molecule has 1 aliphatic heterocycles. The highest BCUT2D eigenvalue weighted by Gasteiger charge is 2.34. The zero-order valence-corrected chi connectivity index (χ0v) is 34.6. The molecule has 3 aromatic carbocycles. The average Bonchev–Trinajstić information content (AvgIpc) is 3.27. The maximum absolute atomic E-state index is 14.4. The number of rotatable bonds is 20. The number of amides is 1. The molecule has 59 heavy (non-hydrogen) atoms. The highest BCUT2D eigenvalue weighted by atomic mass is 32.2. The maximum atomic E-state index is 14.4. The Bertz CT molecular complexity index is 2090. The molecule has 0 bridgehead atoms. The van der Waals surface area contributed by atoms with Gasteiger partial charge < -0.3 is 19.1 Å². The van der Waals surface area contributed by atoms with Crippen molar-refractivity contribution in [2.75, 3.05) is 53.5 Å². The van der Waals surface area contributed by atoms with Crippen molar-refractivity contribution in [2.45, 2.75) is 55.6 Å². The van der Waals surface area contributed by atoms with Crippen LogP contribution in [0, 0.1) is 0 Å². The largest absolute Gasteiger partial charge is 0.493 e. The first-order valence-corrected chi connectivity index (χ1v) is 21.5. The minimum atomic E-state index is -4.40. The standard InChI is InChI=1S/C46H53N5O7S/c1-56-42-24-23-41(31-43(42)57-2)59(54,55)51(34-44(52)49-27-29-50(30-28-49)46(38-17-5-3-6-18-38)39-19-7-4-8-20-39)35-45(53)58-40(21-9-13-36-15-11-25-47-32-36)22-10-14-37-16-12-26-48-33-37/h3-8,11-12,15-20,23-26,31-33,40,46H,9-10,13-14,21-22,27-30,34-35H2,1-2H3. The van der Waals surface area contributed by atoms with Gasteiger partial charge in [0.15, 0.2) is 11.5 Å². The lowest BCUT2D eigenvalue weighted by Gasteiger charge is -2.40. The molecule has 0 spiro atoms. The number of nitrogens with zero attached hydrogens (tertiary/aromatic N) is 5. The van der Waals surface area contributed by atoms with Crippen molar-refractivity contribution < 1.29 is 32.2 Å². The van der Waals surface area contributed by atoms with Crippen molar-refractivity contribution in [1.29, 1.82) is 0 Å². The number of hydrogen-bond donors (Lipinski definition) is 0. The number of benzene rings is 3. The molecule has 0 radical (unpaired) electrons. The lowest BCUT2D eigenvalue weighted by atomic mass is 9.96. The number of esters is 1. The number of ether oxygens (including phenoxy) is 3. The summed E-state index contributed by atoms with van der Waals surface area (Å²) in [5.41, 5.74) is 4.46. The molecule has 5 aromatic rings. The molecular formula is C46H53N5O7S. The summed E-state index contributed by atoms with van der Waals surface area (Å²) < 4.78 is 46.5. The van der Waals surface area contributed by atoms with Crippen LogP contribution < -0.4 is 9.47 Å². The fourth-order valence-electron chi connectivity index (χ4n) is 7.51. The zero-order valence-electron chi connectivity index (χ0n) is 33.8. The first-order valence-electron chi connectivity index (χ1n) is 20.1. The molecule has 2 aromatic heterocycles. The van der Waals surface area contributed by atoms with Gasteiger partial charge in [-0.1, -0.05) is 72.8 Å². The second-order valence-corrected chi connectivity index (χ2v) is 16.5. The number of carbonyl (C=O) groups excluding carboxylic acids is 2. The van der Waals surface area contributed by atoms with Gasteiger partial charge >= 0.3 is 5.97 Å². The Morgan fingerprint density at radius 3 is 1.76 bits per heavy atom. The quantitative estimate of drug-likeness (QED) is 0.0817. The molecule has 1 amide bonds. The summed E-state index contributed by atoms with van der Waals surface area (Å²) in [6, 6.07) is 32.5. The van der Waals surface area contributed by atoms with Crippen LogP contribution in [-0.4, -0.2) is 104 Å². The number of pyridine rings is 2. The molecule has 12 nitrogen and oxygen atoms in total. The van der Waals surface area contributed by atoms with Gasteiger partial charge in [-0.2, -0.15) is 4.31 Å². The van der Waals surface area contributed by atoms with Gasteiger partial charge in [-0.3, -0.25) is 24.5 Å². The van der Waals surface area contributed by atoms with Crippen LogP contribution in [0.25, 0.3) is 0 Å². The van der Waals surface area contributed by atoms with Gasteiger partial charge in [0.1, 0.15) is 12.6 Å². The van der Waals surface area contributed by atoms with E-state index in [4.69, 9.17) is 14.2 Å². The normalized spacial score (nSPS) is 13.5. The van der Waals surface area contributed by atoms with E-state index in [1.54, 1.807) is 17.3 Å². The third-order valence-electron chi connectivity index (χ3n) is 10.6. The Labute approximate surface area is 347 Å². The van der Waals surface area contributed by atoms with Gasteiger partial charge in [-0.25, -0.2) is 8.42 Å². The van der Waals surface area contributed by atoms with Crippen LogP contribution in [0.15, 0.2) is 133 Å². The van der Waals surface area contributed by atoms with Gasteiger partial charge in [-0.15, -0.1) is 0 Å². The highest BCUT2D eigenvalue weighted by Crippen LogP contribution is 2.32. The molecule has 0 aliphatic carbocycles. The molecule has 3 heterocycles. The SMILES string of the molecule is COc1ccc(S(=O)(=O)N(CC(=O)OC(CCCc2cccnc2)CCCc2cccnc2)CC(=O)N2CCN(C(c3ccccc3)c3ccccc3)CC2)cc1OC. The van der Waals surface area contributed by atoms with Gasteiger partial charge in [0.2, 0.25) is 15.9 Å². The third kappa shape index (κ3) is 12.0. The average molecular weight is 820 g/mol. The topological polar surface area (TPSA) is 131 Å². The molecule has 310 valence electrons. The molecule has 0 atom stereocenters. The predicted octanol–water partition coefficient (Wildman–Crippen LogP) is 6.38. The van der Waals surface area contributed by atoms with Gasteiger partial charge in [0.05, 0.1) is 31.7 Å². The predicted molar refractivity (Wildman–Crippen MR) is 225 cm³/mol. The van der Waals surface area contributed by atoms with Crippen molar-refractivity contribution >= 4 is 21.9 Å². The molecule has 1 saturated heterocycles. The number of piperazine rings is 1. The lowest BCUT2D eigenvalue weighted by Crippen LogP contribution is -2.53. The minimum Gasteiger partial charge on any atom is -0.493 e. The van der Waals surface area contributed by atoms with E-state index in [1.807, 2.05) is 73.1 Å². The maximum Gasteiger partial charge on any atom is 0.321 e. The van der Waals surface area contributed by atoms with E-state index >= 15 is 0 Å². The van der Waals surface area contributed by atoms with Gasteiger partial charge in [-0.05, 0) is 85.0 Å². The van der Waals surface area contributed by atoms with Crippen LogP contribution in [0.2, 0.25) is 0 Å². The van der Waals surface area contributed by atoms with Crippen LogP contribution in [0.5, 0.6) is 11.5 Å². The number of sulfonamides is 1. The zero-order chi connectivity index (χ0) is 41.5. The summed E-state index contributed by atoms with van der Waals surface area (Å²) in [5, 5.41) is 0. The second-order valence-electron chi connectivity index (χ2n) is 14.5. The third-order valence-corrected chi connectivity index (χ3v) is 12.4. The summed E-state index contributed by atoms with van der Waals surface area (Å²) in [7, 11) is -1.53. The van der Waals surface area contributed by atoms with Crippen molar-refractivity contribution in [3.8, 4) is 11.5 Å². The van der Waals surface area contributed by atoms with Crippen molar-refractivity contribution in [3.05, 3.63) is 150 Å². The van der Waals surface area contributed by atoms with Gasteiger partial charge in [0, 0.05) is 57.0 Å². The summed E-state index contributed by atoms with van der Waals surface area (Å²) in [5.74, 6) is -0.585. The summed E-state index contributed by atoms with van der Waals surface area (Å²) in [6.45, 7) is 0.738. The molecule has 0 saturated carbocycles. The van der Waals surface area contributed by atoms with Crippen LogP contribution in [0.1, 0.15) is 54.0 Å². The molecule has 0 unspecified atom stereocenters. The van der Waals surface area contributed by atoms with E-state index in [-0.39, 0.29) is 16.7 Å². The fraction of sp³-hybridized carbons (Fsp3) is 0.348. The smallest absolute Gasteiger partial charge is 0.321 e. The molecule has 1 fully saturated rings. The fourth-order valence-corrected chi connectivity index (χ4v) is 8.86. The minimum absolute atomic E-state index is 0.00647. The monoisotopic (exact) mass is 819 g/mol. The Morgan fingerprint density at radius 1 is 0.695 bits per heavy atom. The van der Waals surface area contributed by atoms with E-state index in [1.165, 1.54) is 32.4 Å². The number of methoxy groups -OCH3 is 2. The van der Waals surface area contributed by atoms with E-state index in [0.717, 1.165) is 52.2 Å². The van der Waals surface area contributed by atoms with Crippen molar-refractivity contribution in [3.63, 3.8) is 0 Å². The summed E-state index contributed by atoms with van der Waals surface area (Å²) in [6.07, 6.45) is 10.8. The van der Waals surface area contributed by atoms with E-state index in [2.05, 4.69) is 39.1 Å². The lowest BCUT2D eigenvalue weighted by molar-refractivity contribution is -0.150. The first kappa shape index (κ1) is 43.0. The highest BCUT2D eigenvalue weighted by molar-refractivity contribution is 7.89. The number of hydrogen-bond acceptors (Lipinski definition) is 10. The molecular weight excluding hydrogens is 767 g/mol. The summed E-state index contributed by atoms with van der Waals surface area (Å²) >= 11 is 0. The second kappa shape index (κ2) is 21.4. The Hall–Kier alpha value is -5.63. The molecule has 1 aliphatic rings. The van der Waals surface area contributed by atoms with Crippen LogP contribution in [-0.2, 0) is 37.2 Å². The molecule has 6 rings (SSSR count). The molecule has 0 N–H and O–H groups in total. The van der Waals surface area contributed by atoms with Crippen molar-refractivity contribution in [1.82, 2.24) is 24.1 Å². The first-order chi connectivity index (χ1) is 28.7. The van der Waals surface area contributed by atoms with Crippen LogP contribution in [0.4, 0.5) is 0 Å². The van der Waals surface area contributed by atoms with E-state index in [0.29, 0.717) is 44.8 Å². The van der Waals surface area contributed by atoms with E-state index < -0.39 is 41.1 Å². The Balaban J connectivity index is 1.17. The van der Waals surface area contributed by atoms with Crippen LogP contribution >= 0.6 is 0 Å². The van der Waals surface area contributed by atoms with Crippen LogP contribution in [0.3, 0.4) is 0 Å².